The van der Waals surface area contributed by atoms with E-state index in [2.05, 4.69) is 55.6 Å². The molecule has 0 saturated heterocycles. The smallest absolute Gasteiger partial charge is 0.305 e. The van der Waals surface area contributed by atoms with Gasteiger partial charge in [-0.15, -0.1) is 0 Å². The molecule has 6 nitrogen and oxygen atoms in total. The second kappa shape index (κ2) is 59.4. The van der Waals surface area contributed by atoms with Crippen LogP contribution >= 0.6 is 0 Å². The molecule has 70 heavy (non-hydrogen) atoms. The SMILES string of the molecule is CCC/C=C\C/C=C\CCCCCCCC(=O)OCCCCCCCCCCCCCC/C=C\CCCCCCCCCCCCC(=O)NC(CO)C(O)/C=C/CCCCCCCCCCCCCC. The van der Waals surface area contributed by atoms with Gasteiger partial charge in [0.2, 0.25) is 5.91 Å². The molecular weight excluding hydrogens is 863 g/mol. The van der Waals surface area contributed by atoms with Gasteiger partial charge in [0.15, 0.2) is 0 Å². The fraction of sp³-hybridized carbons (Fsp3) is 0.844. The topological polar surface area (TPSA) is 95.9 Å². The van der Waals surface area contributed by atoms with E-state index in [1.165, 1.54) is 244 Å². The van der Waals surface area contributed by atoms with Crippen LogP contribution in [0, 0.1) is 0 Å². The zero-order valence-electron chi connectivity index (χ0n) is 46.7. The van der Waals surface area contributed by atoms with Gasteiger partial charge in [-0.3, -0.25) is 9.59 Å². The number of rotatable bonds is 57. The molecule has 0 spiro atoms. The van der Waals surface area contributed by atoms with E-state index in [-0.39, 0.29) is 18.5 Å². The summed E-state index contributed by atoms with van der Waals surface area (Å²) in [7, 11) is 0. The van der Waals surface area contributed by atoms with Crippen LogP contribution in [0.2, 0.25) is 0 Å². The van der Waals surface area contributed by atoms with E-state index in [1.807, 2.05) is 6.08 Å². The monoisotopic (exact) mass is 982 g/mol. The highest BCUT2D eigenvalue weighted by molar-refractivity contribution is 5.76. The number of hydrogen-bond donors (Lipinski definition) is 3. The van der Waals surface area contributed by atoms with Crippen LogP contribution in [0.1, 0.15) is 322 Å². The van der Waals surface area contributed by atoms with Crippen LogP contribution in [-0.4, -0.2) is 47.4 Å². The fourth-order valence-electron chi connectivity index (χ4n) is 9.31. The normalized spacial score (nSPS) is 12.9. The van der Waals surface area contributed by atoms with Crippen LogP contribution in [0.5, 0.6) is 0 Å². The minimum absolute atomic E-state index is 0.00190. The molecule has 0 aliphatic rings. The molecule has 0 aliphatic heterocycles. The molecule has 2 atom stereocenters. The molecule has 0 saturated carbocycles. The summed E-state index contributed by atoms with van der Waals surface area (Å²) in [5, 5.41) is 23.1. The van der Waals surface area contributed by atoms with Crippen molar-refractivity contribution in [1.82, 2.24) is 5.32 Å². The molecule has 0 aromatic heterocycles. The predicted molar refractivity (Wildman–Crippen MR) is 306 cm³/mol. The fourth-order valence-corrected chi connectivity index (χ4v) is 9.31. The summed E-state index contributed by atoms with van der Waals surface area (Å²) in [5.41, 5.74) is 0. The Hall–Kier alpha value is -2.18. The van der Waals surface area contributed by atoms with Crippen LogP contribution in [0.4, 0.5) is 0 Å². The summed E-state index contributed by atoms with van der Waals surface area (Å²) in [6, 6.07) is -0.629. The van der Waals surface area contributed by atoms with Crippen LogP contribution < -0.4 is 5.32 Å². The summed E-state index contributed by atoms with van der Waals surface area (Å²) >= 11 is 0. The van der Waals surface area contributed by atoms with E-state index >= 15 is 0 Å². The lowest BCUT2D eigenvalue weighted by Crippen LogP contribution is -2.45. The molecule has 0 fully saturated rings. The van der Waals surface area contributed by atoms with E-state index in [0.717, 1.165) is 51.4 Å². The Balaban J connectivity index is 3.42. The van der Waals surface area contributed by atoms with Gasteiger partial charge in [0.25, 0.3) is 0 Å². The van der Waals surface area contributed by atoms with Gasteiger partial charge in [-0.05, 0) is 83.5 Å². The van der Waals surface area contributed by atoms with Crippen molar-refractivity contribution in [2.45, 2.75) is 334 Å². The molecule has 0 aromatic carbocycles. The average molecular weight is 983 g/mol. The molecule has 3 N–H and O–H groups in total. The predicted octanol–water partition coefficient (Wildman–Crippen LogP) is 19.4. The zero-order chi connectivity index (χ0) is 50.7. The Morgan fingerprint density at radius 1 is 0.400 bits per heavy atom. The molecule has 1 amide bonds. The van der Waals surface area contributed by atoms with Crippen molar-refractivity contribution in [3.05, 3.63) is 48.6 Å². The maximum absolute atomic E-state index is 12.5. The number of hydrogen-bond acceptors (Lipinski definition) is 5. The number of amides is 1. The van der Waals surface area contributed by atoms with Crippen LogP contribution in [0.15, 0.2) is 48.6 Å². The molecule has 0 aliphatic carbocycles. The van der Waals surface area contributed by atoms with E-state index in [9.17, 15) is 19.8 Å². The summed E-state index contributed by atoms with van der Waals surface area (Å²) in [4.78, 5) is 24.5. The Labute approximate surface area is 436 Å². The molecule has 0 rings (SSSR count). The van der Waals surface area contributed by atoms with Crippen molar-refractivity contribution < 1.29 is 24.5 Å². The lowest BCUT2D eigenvalue weighted by Gasteiger charge is -2.20. The molecular formula is C64H119NO5. The molecule has 0 bridgehead atoms. The first-order valence-electron chi connectivity index (χ1n) is 30.9. The standard InChI is InChI=1S/C64H119NO5/c1-3-5-7-9-11-13-15-17-33-36-40-44-48-52-56-62(67)61(60-66)65-63(68)57-53-49-45-41-37-34-30-28-26-24-22-20-18-19-21-23-25-27-29-31-35-39-43-47-51-55-59-70-64(69)58-54-50-46-42-38-32-16-14-12-10-8-6-4-2/h8,10,14,16,18,20,52,56,61-62,66-67H,3-7,9,11-13,15,17,19,21-51,53-55,57-60H2,1-2H3,(H,65,68)/b10-8-,16-14-,20-18-,56-52+. The number of ether oxygens (including phenoxy) is 1. The number of aliphatic hydroxyl groups is 2. The third-order valence-electron chi connectivity index (χ3n) is 14.0. The van der Waals surface area contributed by atoms with Crippen molar-refractivity contribution in [3.8, 4) is 0 Å². The second-order valence-corrected chi connectivity index (χ2v) is 21.0. The van der Waals surface area contributed by atoms with E-state index in [1.54, 1.807) is 6.08 Å². The van der Waals surface area contributed by atoms with Gasteiger partial charge in [0.1, 0.15) is 0 Å². The summed E-state index contributed by atoms with van der Waals surface area (Å²) in [6.45, 7) is 4.84. The number of nitrogens with one attached hydrogen (secondary N) is 1. The van der Waals surface area contributed by atoms with Crippen LogP contribution in [0.25, 0.3) is 0 Å². The van der Waals surface area contributed by atoms with Gasteiger partial charge in [-0.1, -0.05) is 274 Å². The van der Waals surface area contributed by atoms with Crippen LogP contribution in [-0.2, 0) is 14.3 Å². The number of unbranched alkanes of at least 4 members (excludes halogenated alkanes) is 40. The molecule has 6 heteroatoms. The first-order valence-corrected chi connectivity index (χ1v) is 30.9. The first-order chi connectivity index (χ1) is 34.5. The molecule has 0 heterocycles. The van der Waals surface area contributed by atoms with Gasteiger partial charge in [0.05, 0.1) is 25.4 Å². The van der Waals surface area contributed by atoms with Gasteiger partial charge >= 0.3 is 5.97 Å². The van der Waals surface area contributed by atoms with Crippen molar-refractivity contribution in [1.29, 1.82) is 0 Å². The lowest BCUT2D eigenvalue weighted by atomic mass is 10.0. The van der Waals surface area contributed by atoms with Gasteiger partial charge in [0, 0.05) is 12.8 Å². The minimum atomic E-state index is -0.846. The Morgan fingerprint density at radius 2 is 0.743 bits per heavy atom. The van der Waals surface area contributed by atoms with Crippen molar-refractivity contribution in [3.63, 3.8) is 0 Å². The van der Waals surface area contributed by atoms with Crippen molar-refractivity contribution >= 4 is 11.9 Å². The number of allylic oxidation sites excluding steroid dienone is 7. The Morgan fingerprint density at radius 3 is 1.16 bits per heavy atom. The summed E-state index contributed by atoms with van der Waals surface area (Å²) in [6.07, 6.45) is 75.8. The zero-order valence-corrected chi connectivity index (χ0v) is 46.7. The molecule has 2 unspecified atom stereocenters. The largest absolute Gasteiger partial charge is 0.466 e. The quantitative estimate of drug-likeness (QED) is 0.0321. The van der Waals surface area contributed by atoms with Gasteiger partial charge in [-0.25, -0.2) is 0 Å². The highest BCUT2D eigenvalue weighted by Gasteiger charge is 2.18. The molecule has 0 radical (unpaired) electrons. The van der Waals surface area contributed by atoms with Crippen LogP contribution in [0.3, 0.4) is 0 Å². The number of aliphatic hydroxyl groups excluding tert-OH is 2. The lowest BCUT2D eigenvalue weighted by molar-refractivity contribution is -0.143. The van der Waals surface area contributed by atoms with Crippen molar-refractivity contribution in [2.24, 2.45) is 0 Å². The molecule has 0 aromatic rings. The third kappa shape index (κ3) is 55.1. The van der Waals surface area contributed by atoms with E-state index in [4.69, 9.17) is 4.74 Å². The average Bonchev–Trinajstić information content (AvgIpc) is 3.36. The second-order valence-electron chi connectivity index (χ2n) is 21.0. The number of carbonyl (C=O) groups is 2. The van der Waals surface area contributed by atoms with E-state index < -0.39 is 12.1 Å². The highest BCUT2D eigenvalue weighted by atomic mass is 16.5. The van der Waals surface area contributed by atoms with E-state index in [0.29, 0.717) is 19.4 Å². The Bertz CT molecular complexity index is 1180. The first kappa shape index (κ1) is 67.8. The third-order valence-corrected chi connectivity index (χ3v) is 14.0. The highest BCUT2D eigenvalue weighted by Crippen LogP contribution is 2.17. The minimum Gasteiger partial charge on any atom is -0.466 e. The summed E-state index contributed by atoms with van der Waals surface area (Å²) in [5.74, 6) is -0.0716. The summed E-state index contributed by atoms with van der Waals surface area (Å²) < 4.78 is 5.47. The number of carbonyl (C=O) groups excluding carboxylic acids is 2. The molecule has 410 valence electrons. The maximum Gasteiger partial charge on any atom is 0.305 e. The van der Waals surface area contributed by atoms with Gasteiger partial charge in [-0.2, -0.15) is 0 Å². The van der Waals surface area contributed by atoms with Gasteiger partial charge < -0.3 is 20.3 Å². The van der Waals surface area contributed by atoms with Crippen molar-refractivity contribution in [2.75, 3.05) is 13.2 Å². The number of esters is 1. The Kier molecular flexibility index (Phi) is 57.5. The maximum atomic E-state index is 12.5.